The van der Waals surface area contributed by atoms with Gasteiger partial charge in [-0.05, 0) is 62.4 Å². The Bertz CT molecular complexity index is 443. The van der Waals surface area contributed by atoms with Crippen molar-refractivity contribution in [2.75, 3.05) is 25.0 Å². The number of halogens is 1. The Morgan fingerprint density at radius 2 is 1.90 bits per heavy atom. The molecule has 1 aromatic carbocycles. The van der Waals surface area contributed by atoms with Gasteiger partial charge in [0.15, 0.2) is 0 Å². The number of anilines is 1. The molecule has 1 aromatic rings. The van der Waals surface area contributed by atoms with Gasteiger partial charge in [0, 0.05) is 25.3 Å². The first-order valence-corrected chi connectivity index (χ1v) is 8.11. The smallest absolute Gasteiger partial charge is 0.126 e. The summed E-state index contributed by atoms with van der Waals surface area (Å²) in [6.07, 6.45) is 2.22. The molecule has 0 aromatic heterocycles. The summed E-state index contributed by atoms with van der Waals surface area (Å²) >= 11 is 0. The van der Waals surface area contributed by atoms with E-state index in [1.54, 1.807) is 6.07 Å². The highest BCUT2D eigenvalue weighted by molar-refractivity contribution is 5.56. The van der Waals surface area contributed by atoms with Crippen LogP contribution in [0.5, 0.6) is 0 Å². The zero-order chi connectivity index (χ0) is 16.0. The summed E-state index contributed by atoms with van der Waals surface area (Å²) in [5, 5.41) is 3.46. The van der Waals surface area contributed by atoms with Crippen molar-refractivity contribution >= 4 is 5.69 Å². The predicted octanol–water partition coefficient (Wildman–Crippen LogP) is 4.68. The van der Waals surface area contributed by atoms with E-state index in [2.05, 4.69) is 45.0 Å². The molecule has 1 rings (SSSR count). The molecule has 2 nitrogen and oxygen atoms in total. The maximum absolute atomic E-state index is 14.0. The number of nitrogens with zero attached hydrogens (tertiary/aromatic N) is 1. The summed E-state index contributed by atoms with van der Waals surface area (Å²) in [4.78, 5) is 2.26. The highest BCUT2D eigenvalue weighted by atomic mass is 19.1. The van der Waals surface area contributed by atoms with E-state index in [1.165, 1.54) is 0 Å². The summed E-state index contributed by atoms with van der Waals surface area (Å²) in [6.45, 7) is 12.5. The summed E-state index contributed by atoms with van der Waals surface area (Å²) in [5.41, 5.74) is 2.91. The van der Waals surface area contributed by atoms with E-state index in [0.717, 1.165) is 37.2 Å². The third-order valence-corrected chi connectivity index (χ3v) is 3.93. The first-order chi connectivity index (χ1) is 9.86. The van der Waals surface area contributed by atoms with E-state index in [4.69, 9.17) is 0 Å². The largest absolute Gasteiger partial charge is 0.374 e. The van der Waals surface area contributed by atoms with E-state index < -0.39 is 0 Å². The monoisotopic (exact) mass is 294 g/mol. The van der Waals surface area contributed by atoms with Crippen molar-refractivity contribution in [2.24, 2.45) is 5.92 Å². The van der Waals surface area contributed by atoms with Crippen LogP contribution in [-0.4, -0.2) is 20.1 Å². The molecule has 0 aliphatic rings. The first-order valence-electron chi connectivity index (χ1n) is 8.11. The fourth-order valence-corrected chi connectivity index (χ4v) is 2.40. The van der Waals surface area contributed by atoms with Gasteiger partial charge in [-0.3, -0.25) is 0 Å². The fraction of sp³-hybridized carbons (Fsp3) is 0.667. The minimum Gasteiger partial charge on any atom is -0.374 e. The Labute approximate surface area is 129 Å². The van der Waals surface area contributed by atoms with Crippen molar-refractivity contribution in [3.63, 3.8) is 0 Å². The van der Waals surface area contributed by atoms with Gasteiger partial charge in [0.1, 0.15) is 5.82 Å². The van der Waals surface area contributed by atoms with Gasteiger partial charge >= 0.3 is 0 Å². The van der Waals surface area contributed by atoms with Crippen LogP contribution in [0.3, 0.4) is 0 Å². The zero-order valence-electron chi connectivity index (χ0n) is 14.5. The van der Waals surface area contributed by atoms with Crippen LogP contribution < -0.4 is 10.2 Å². The number of hydrogen-bond donors (Lipinski definition) is 1. The van der Waals surface area contributed by atoms with Crippen LogP contribution in [0.25, 0.3) is 0 Å². The van der Waals surface area contributed by atoms with Crippen LogP contribution in [0.15, 0.2) is 12.1 Å². The molecule has 0 aliphatic heterocycles. The molecule has 0 fully saturated rings. The molecule has 1 N–H and O–H groups in total. The lowest BCUT2D eigenvalue weighted by molar-refractivity contribution is 0.555. The second-order valence-electron chi connectivity index (χ2n) is 6.44. The summed E-state index contributed by atoms with van der Waals surface area (Å²) in [5.74, 6) is 0.559. The van der Waals surface area contributed by atoms with Gasteiger partial charge in [-0.25, -0.2) is 4.39 Å². The van der Waals surface area contributed by atoms with Crippen molar-refractivity contribution in [1.82, 2.24) is 5.32 Å². The highest BCUT2D eigenvalue weighted by Crippen LogP contribution is 2.29. The number of rotatable bonds is 8. The highest BCUT2D eigenvalue weighted by Gasteiger charge is 2.16. The van der Waals surface area contributed by atoms with Gasteiger partial charge in [-0.1, -0.05) is 20.8 Å². The zero-order valence-corrected chi connectivity index (χ0v) is 14.5. The molecule has 0 amide bonds. The molecule has 3 heteroatoms. The lowest BCUT2D eigenvalue weighted by Crippen LogP contribution is -2.26. The standard InChI is InChI=1S/C18H31FN2/c1-7-9-20-15(5)16-12-17(19)14(4)11-18(16)21(6)10-8-13(2)3/h11-13,15,20H,7-10H2,1-6H3. The molecule has 0 spiro atoms. The van der Waals surface area contributed by atoms with Crippen molar-refractivity contribution < 1.29 is 4.39 Å². The Balaban J connectivity index is 3.01. The molecular formula is C18H31FN2. The average Bonchev–Trinajstić information content (AvgIpc) is 2.44. The first kappa shape index (κ1) is 18.0. The van der Waals surface area contributed by atoms with Crippen molar-refractivity contribution in [1.29, 1.82) is 0 Å². The minimum absolute atomic E-state index is 0.115. The topological polar surface area (TPSA) is 15.3 Å². The predicted molar refractivity (Wildman–Crippen MR) is 90.6 cm³/mol. The van der Waals surface area contributed by atoms with Crippen LogP contribution >= 0.6 is 0 Å². The Hall–Kier alpha value is -1.09. The molecule has 120 valence electrons. The quantitative estimate of drug-likeness (QED) is 0.749. The molecule has 1 atom stereocenters. The number of nitrogens with one attached hydrogen (secondary N) is 1. The third kappa shape index (κ3) is 5.31. The number of aryl methyl sites for hydroxylation is 1. The SMILES string of the molecule is CCCNC(C)c1cc(F)c(C)cc1N(C)CCC(C)C. The van der Waals surface area contributed by atoms with Gasteiger partial charge in [0.05, 0.1) is 0 Å². The van der Waals surface area contributed by atoms with E-state index in [-0.39, 0.29) is 11.9 Å². The lowest BCUT2D eigenvalue weighted by atomic mass is 10.0. The summed E-state index contributed by atoms with van der Waals surface area (Å²) in [6, 6.07) is 3.84. The fourth-order valence-electron chi connectivity index (χ4n) is 2.40. The summed E-state index contributed by atoms with van der Waals surface area (Å²) < 4.78 is 14.0. The van der Waals surface area contributed by atoms with Crippen LogP contribution in [-0.2, 0) is 0 Å². The van der Waals surface area contributed by atoms with Crippen molar-refractivity contribution in [3.8, 4) is 0 Å². The van der Waals surface area contributed by atoms with Gasteiger partial charge < -0.3 is 10.2 Å². The van der Waals surface area contributed by atoms with E-state index in [0.29, 0.717) is 11.5 Å². The summed E-state index contributed by atoms with van der Waals surface area (Å²) in [7, 11) is 2.10. The average molecular weight is 294 g/mol. The molecule has 21 heavy (non-hydrogen) atoms. The Morgan fingerprint density at radius 3 is 2.48 bits per heavy atom. The van der Waals surface area contributed by atoms with E-state index in [1.807, 2.05) is 13.0 Å². The second kappa shape index (κ2) is 8.38. The van der Waals surface area contributed by atoms with E-state index >= 15 is 0 Å². The maximum atomic E-state index is 14.0. The van der Waals surface area contributed by atoms with E-state index in [9.17, 15) is 4.39 Å². The molecule has 0 bridgehead atoms. The van der Waals surface area contributed by atoms with Crippen LogP contribution in [0.2, 0.25) is 0 Å². The van der Waals surface area contributed by atoms with Crippen LogP contribution in [0.4, 0.5) is 10.1 Å². The van der Waals surface area contributed by atoms with Crippen LogP contribution in [0.1, 0.15) is 57.7 Å². The lowest BCUT2D eigenvalue weighted by Gasteiger charge is -2.27. The normalized spacial score (nSPS) is 12.8. The van der Waals surface area contributed by atoms with Gasteiger partial charge in [-0.15, -0.1) is 0 Å². The molecule has 0 heterocycles. The molecule has 0 saturated carbocycles. The van der Waals surface area contributed by atoms with Crippen LogP contribution in [0, 0.1) is 18.7 Å². The van der Waals surface area contributed by atoms with Gasteiger partial charge in [0.2, 0.25) is 0 Å². The van der Waals surface area contributed by atoms with Crippen molar-refractivity contribution in [3.05, 3.63) is 29.1 Å². The van der Waals surface area contributed by atoms with Gasteiger partial charge in [-0.2, -0.15) is 0 Å². The maximum Gasteiger partial charge on any atom is 0.126 e. The molecule has 0 aliphatic carbocycles. The molecule has 0 saturated heterocycles. The molecule has 0 radical (unpaired) electrons. The molecular weight excluding hydrogens is 263 g/mol. The number of hydrogen-bond acceptors (Lipinski definition) is 2. The Morgan fingerprint density at radius 1 is 1.24 bits per heavy atom. The Kier molecular flexibility index (Phi) is 7.16. The second-order valence-corrected chi connectivity index (χ2v) is 6.44. The molecule has 1 unspecified atom stereocenters. The van der Waals surface area contributed by atoms with Crippen molar-refractivity contribution in [2.45, 2.75) is 53.5 Å². The number of benzene rings is 1. The minimum atomic E-state index is -0.115. The van der Waals surface area contributed by atoms with Gasteiger partial charge in [0.25, 0.3) is 0 Å². The third-order valence-electron chi connectivity index (χ3n) is 3.93.